The van der Waals surface area contributed by atoms with E-state index < -0.39 is 5.60 Å². The van der Waals surface area contributed by atoms with Crippen molar-refractivity contribution in [1.29, 1.82) is 0 Å². The lowest BCUT2D eigenvalue weighted by molar-refractivity contribution is 0.0186. The summed E-state index contributed by atoms with van der Waals surface area (Å²) < 4.78 is 0. The van der Waals surface area contributed by atoms with Gasteiger partial charge in [0.2, 0.25) is 0 Å². The summed E-state index contributed by atoms with van der Waals surface area (Å²) in [4.78, 5) is 0. The quantitative estimate of drug-likeness (QED) is 0.487. The van der Waals surface area contributed by atoms with E-state index in [-0.39, 0.29) is 18.8 Å². The molecule has 0 heterocycles. The van der Waals surface area contributed by atoms with Gasteiger partial charge in [0.15, 0.2) is 0 Å². The van der Waals surface area contributed by atoms with Crippen molar-refractivity contribution < 1.29 is 15.3 Å². The molecule has 0 aromatic heterocycles. The Morgan fingerprint density at radius 3 is 2.70 bits per heavy atom. The third-order valence-corrected chi connectivity index (χ3v) is 1.46. The molecule has 1 aliphatic rings. The molecule has 0 bridgehead atoms. The standard InChI is InChI=1S/C7H10O3/c8-5-7(10)3-1-2-6(9)4-7/h1-3,8-10H,4-5H2. The van der Waals surface area contributed by atoms with Crippen LogP contribution in [0.1, 0.15) is 6.42 Å². The Morgan fingerprint density at radius 2 is 2.30 bits per heavy atom. The van der Waals surface area contributed by atoms with E-state index in [1.807, 2.05) is 0 Å². The van der Waals surface area contributed by atoms with E-state index in [0.29, 0.717) is 0 Å². The summed E-state index contributed by atoms with van der Waals surface area (Å²) in [6.07, 6.45) is 4.58. The van der Waals surface area contributed by atoms with Crippen molar-refractivity contribution in [3.8, 4) is 0 Å². The summed E-state index contributed by atoms with van der Waals surface area (Å²) in [7, 11) is 0. The van der Waals surface area contributed by atoms with Crippen LogP contribution in [0.5, 0.6) is 0 Å². The average Bonchev–Trinajstić information content (AvgIpc) is 1.88. The molecular formula is C7H10O3. The zero-order valence-electron chi connectivity index (χ0n) is 5.49. The van der Waals surface area contributed by atoms with E-state index in [1.165, 1.54) is 18.2 Å². The molecule has 1 unspecified atom stereocenters. The Morgan fingerprint density at radius 1 is 1.60 bits per heavy atom. The van der Waals surface area contributed by atoms with Gasteiger partial charge in [-0.05, 0) is 6.08 Å². The monoisotopic (exact) mass is 142 g/mol. The third kappa shape index (κ3) is 1.37. The van der Waals surface area contributed by atoms with Crippen LogP contribution in [-0.4, -0.2) is 27.5 Å². The second-order valence-electron chi connectivity index (χ2n) is 2.46. The van der Waals surface area contributed by atoms with Crippen molar-refractivity contribution in [2.24, 2.45) is 0 Å². The minimum atomic E-state index is -1.25. The van der Waals surface area contributed by atoms with Gasteiger partial charge in [-0.2, -0.15) is 0 Å². The molecule has 0 fully saturated rings. The van der Waals surface area contributed by atoms with Gasteiger partial charge in [-0.25, -0.2) is 0 Å². The summed E-state index contributed by atoms with van der Waals surface area (Å²) in [5, 5.41) is 26.9. The number of aliphatic hydroxyl groups is 3. The number of aliphatic hydroxyl groups excluding tert-OH is 2. The number of hydrogen-bond donors (Lipinski definition) is 3. The van der Waals surface area contributed by atoms with Crippen molar-refractivity contribution in [2.75, 3.05) is 6.61 Å². The van der Waals surface area contributed by atoms with Gasteiger partial charge in [-0.15, -0.1) is 0 Å². The first-order valence-corrected chi connectivity index (χ1v) is 3.07. The summed E-state index contributed by atoms with van der Waals surface area (Å²) in [5.41, 5.74) is -1.25. The third-order valence-electron chi connectivity index (χ3n) is 1.46. The first kappa shape index (κ1) is 7.31. The summed E-state index contributed by atoms with van der Waals surface area (Å²) in [6, 6.07) is 0. The molecule has 3 N–H and O–H groups in total. The molecule has 0 saturated heterocycles. The fraction of sp³-hybridized carbons (Fsp3) is 0.429. The Bertz CT molecular complexity index is 183. The van der Waals surface area contributed by atoms with Crippen LogP contribution in [0.15, 0.2) is 24.0 Å². The summed E-state index contributed by atoms with van der Waals surface area (Å²) in [6.45, 7) is -0.360. The second kappa shape index (κ2) is 2.44. The summed E-state index contributed by atoms with van der Waals surface area (Å²) in [5.74, 6) is 0.0963. The molecule has 0 saturated carbocycles. The van der Waals surface area contributed by atoms with E-state index in [0.717, 1.165) is 0 Å². The van der Waals surface area contributed by atoms with E-state index in [1.54, 1.807) is 0 Å². The topological polar surface area (TPSA) is 60.7 Å². The Kier molecular flexibility index (Phi) is 1.78. The van der Waals surface area contributed by atoms with Gasteiger partial charge in [-0.1, -0.05) is 12.2 Å². The Hall–Kier alpha value is -0.800. The lowest BCUT2D eigenvalue weighted by Gasteiger charge is -2.23. The molecule has 0 radical (unpaired) electrons. The minimum Gasteiger partial charge on any atom is -0.512 e. The van der Waals surface area contributed by atoms with Gasteiger partial charge in [0.05, 0.1) is 12.4 Å². The van der Waals surface area contributed by atoms with E-state index in [9.17, 15) is 5.11 Å². The molecule has 10 heavy (non-hydrogen) atoms. The molecule has 1 aliphatic carbocycles. The number of hydrogen-bond acceptors (Lipinski definition) is 3. The maximum atomic E-state index is 9.31. The molecule has 0 aromatic carbocycles. The maximum absolute atomic E-state index is 9.31. The zero-order valence-corrected chi connectivity index (χ0v) is 5.49. The molecule has 1 rings (SSSR count). The van der Waals surface area contributed by atoms with Gasteiger partial charge in [0, 0.05) is 6.42 Å². The molecule has 0 amide bonds. The van der Waals surface area contributed by atoms with Crippen LogP contribution in [0.3, 0.4) is 0 Å². The highest BCUT2D eigenvalue weighted by molar-refractivity contribution is 5.21. The van der Waals surface area contributed by atoms with Crippen molar-refractivity contribution in [1.82, 2.24) is 0 Å². The van der Waals surface area contributed by atoms with E-state index in [2.05, 4.69) is 0 Å². The normalized spacial score (nSPS) is 32.0. The maximum Gasteiger partial charge on any atom is 0.113 e. The number of allylic oxidation sites excluding steroid dienone is 2. The van der Waals surface area contributed by atoms with E-state index >= 15 is 0 Å². The van der Waals surface area contributed by atoms with Crippen LogP contribution in [0.2, 0.25) is 0 Å². The Labute approximate surface area is 58.9 Å². The van der Waals surface area contributed by atoms with Gasteiger partial charge < -0.3 is 15.3 Å². The van der Waals surface area contributed by atoms with Crippen molar-refractivity contribution >= 4 is 0 Å². The van der Waals surface area contributed by atoms with E-state index in [4.69, 9.17) is 10.2 Å². The first-order chi connectivity index (χ1) is 4.66. The highest BCUT2D eigenvalue weighted by atomic mass is 16.3. The fourth-order valence-corrected chi connectivity index (χ4v) is 0.878. The lowest BCUT2D eigenvalue weighted by atomic mass is 9.95. The highest BCUT2D eigenvalue weighted by Gasteiger charge is 2.25. The molecular weight excluding hydrogens is 132 g/mol. The first-order valence-electron chi connectivity index (χ1n) is 3.07. The van der Waals surface area contributed by atoms with Gasteiger partial charge in [0.1, 0.15) is 5.60 Å². The van der Waals surface area contributed by atoms with Crippen LogP contribution >= 0.6 is 0 Å². The molecule has 0 aromatic rings. The molecule has 0 spiro atoms. The molecule has 3 nitrogen and oxygen atoms in total. The van der Waals surface area contributed by atoms with Crippen LogP contribution in [0, 0.1) is 0 Å². The lowest BCUT2D eigenvalue weighted by Crippen LogP contribution is -2.32. The van der Waals surface area contributed by atoms with Gasteiger partial charge >= 0.3 is 0 Å². The van der Waals surface area contributed by atoms with Crippen LogP contribution < -0.4 is 0 Å². The molecule has 0 aliphatic heterocycles. The molecule has 56 valence electrons. The van der Waals surface area contributed by atoms with Crippen LogP contribution in [0.4, 0.5) is 0 Å². The molecule has 3 heteroatoms. The highest BCUT2D eigenvalue weighted by Crippen LogP contribution is 2.20. The van der Waals surface area contributed by atoms with Crippen molar-refractivity contribution in [3.63, 3.8) is 0 Å². The predicted octanol–water partition coefficient (Wildman–Crippen LogP) is 0.112. The zero-order chi connectivity index (χ0) is 7.61. The fourth-order valence-electron chi connectivity index (χ4n) is 0.878. The summed E-state index contributed by atoms with van der Waals surface area (Å²) >= 11 is 0. The van der Waals surface area contributed by atoms with Crippen molar-refractivity contribution in [2.45, 2.75) is 12.0 Å². The van der Waals surface area contributed by atoms with Crippen molar-refractivity contribution in [3.05, 3.63) is 24.0 Å². The van der Waals surface area contributed by atoms with Gasteiger partial charge in [-0.3, -0.25) is 0 Å². The SMILES string of the molecule is OCC1(O)C=CC=C(O)C1. The van der Waals surface area contributed by atoms with Gasteiger partial charge in [0.25, 0.3) is 0 Å². The largest absolute Gasteiger partial charge is 0.512 e. The number of rotatable bonds is 1. The predicted molar refractivity (Wildman–Crippen MR) is 36.5 cm³/mol. The van der Waals surface area contributed by atoms with Crippen LogP contribution in [0.25, 0.3) is 0 Å². The minimum absolute atomic E-state index is 0.0963. The molecule has 1 atom stereocenters. The second-order valence-corrected chi connectivity index (χ2v) is 2.46. The average molecular weight is 142 g/mol. The Balaban J connectivity index is 2.71. The van der Waals surface area contributed by atoms with Crippen LogP contribution in [-0.2, 0) is 0 Å². The smallest absolute Gasteiger partial charge is 0.113 e.